The molecule has 2 amide bonds. The fourth-order valence-electron chi connectivity index (χ4n) is 6.13. The predicted octanol–water partition coefficient (Wildman–Crippen LogP) is 3.96. The van der Waals surface area contributed by atoms with Crippen molar-refractivity contribution in [2.45, 2.75) is 45.1 Å². The largest absolute Gasteiger partial charge is 0.504 e. The number of imide groups is 1. The van der Waals surface area contributed by atoms with Gasteiger partial charge in [-0.15, -0.1) is 0 Å². The van der Waals surface area contributed by atoms with E-state index < -0.39 is 29.2 Å². The molecule has 0 bridgehead atoms. The van der Waals surface area contributed by atoms with E-state index in [9.17, 15) is 24.3 Å². The molecule has 3 aliphatic carbocycles. The Kier molecular flexibility index (Phi) is 5.43. The number of nitrogens with zero attached hydrogens (tertiary/aromatic N) is 1. The van der Waals surface area contributed by atoms with Crippen molar-refractivity contribution in [1.82, 2.24) is 4.90 Å². The number of amides is 2. The summed E-state index contributed by atoms with van der Waals surface area (Å²) in [7, 11) is 1.45. The predicted molar refractivity (Wildman–Crippen MR) is 131 cm³/mol. The number of carbonyl (C=O) groups excluding carboxylic acids is 4. The van der Waals surface area contributed by atoms with E-state index in [1.54, 1.807) is 12.1 Å². The SMILES string of the molecule is COc1ccc([C@H]2C3=CC[C@@H]4C(=O)N(C(C)(C)C)C(=O)[C@@H]4[C@@H]3CC3=C2C(=O)C=C(Br)C3=O)cc1O. The molecule has 7 nitrogen and oxygen atoms in total. The van der Waals surface area contributed by atoms with Crippen LogP contribution in [-0.2, 0) is 19.2 Å². The van der Waals surface area contributed by atoms with Crippen molar-refractivity contribution in [2.24, 2.45) is 17.8 Å². The molecule has 1 aromatic rings. The first-order valence-corrected chi connectivity index (χ1v) is 12.4. The van der Waals surface area contributed by atoms with Gasteiger partial charge < -0.3 is 9.84 Å². The Hall–Kier alpha value is -3.00. The Balaban J connectivity index is 1.69. The molecule has 4 aliphatic rings. The minimum Gasteiger partial charge on any atom is -0.504 e. The lowest BCUT2D eigenvalue weighted by Crippen LogP contribution is -2.46. The van der Waals surface area contributed by atoms with Gasteiger partial charge in [-0.2, -0.15) is 0 Å². The number of fused-ring (bicyclic) bond motifs is 3. The van der Waals surface area contributed by atoms with Gasteiger partial charge in [-0.05, 0) is 73.2 Å². The molecule has 8 heteroatoms. The number of phenols is 1. The van der Waals surface area contributed by atoms with Crippen LogP contribution >= 0.6 is 15.9 Å². The molecule has 0 spiro atoms. The van der Waals surface area contributed by atoms with Crippen molar-refractivity contribution in [3.63, 3.8) is 0 Å². The molecule has 0 aromatic heterocycles. The zero-order valence-electron chi connectivity index (χ0n) is 19.9. The zero-order chi connectivity index (χ0) is 25.4. The number of likely N-dealkylation sites (tertiary alicyclic amines) is 1. The number of Topliss-reactive ketones (excluding diaryl/α,β-unsaturated/α-hetero) is 1. The number of carbonyl (C=O) groups is 4. The second-order valence-electron chi connectivity index (χ2n) is 10.5. The fourth-order valence-corrected chi connectivity index (χ4v) is 6.58. The van der Waals surface area contributed by atoms with Crippen molar-refractivity contribution in [1.29, 1.82) is 0 Å². The molecule has 5 rings (SSSR count). The molecule has 1 heterocycles. The first kappa shape index (κ1) is 23.7. The van der Waals surface area contributed by atoms with Gasteiger partial charge in [0.1, 0.15) is 0 Å². The van der Waals surface area contributed by atoms with Crippen LogP contribution in [0.3, 0.4) is 0 Å². The van der Waals surface area contributed by atoms with Crippen LogP contribution in [0.5, 0.6) is 11.5 Å². The van der Waals surface area contributed by atoms with Gasteiger partial charge in [-0.1, -0.05) is 17.7 Å². The van der Waals surface area contributed by atoms with E-state index in [4.69, 9.17) is 4.74 Å². The summed E-state index contributed by atoms with van der Waals surface area (Å²) in [6.07, 6.45) is 3.85. The summed E-state index contributed by atoms with van der Waals surface area (Å²) in [6.45, 7) is 5.51. The Morgan fingerprint density at radius 2 is 1.80 bits per heavy atom. The number of benzene rings is 1. The molecule has 35 heavy (non-hydrogen) atoms. The van der Waals surface area contributed by atoms with E-state index in [0.717, 1.165) is 5.57 Å². The lowest BCUT2D eigenvalue weighted by molar-refractivity contribution is -0.145. The zero-order valence-corrected chi connectivity index (χ0v) is 21.5. The van der Waals surface area contributed by atoms with Crippen LogP contribution in [0.15, 0.2) is 51.6 Å². The molecular formula is C27H26BrNO6. The topological polar surface area (TPSA) is 101 Å². The summed E-state index contributed by atoms with van der Waals surface area (Å²) < 4.78 is 5.36. The molecule has 1 fully saturated rings. The highest BCUT2D eigenvalue weighted by atomic mass is 79.9. The van der Waals surface area contributed by atoms with Crippen LogP contribution in [0.25, 0.3) is 0 Å². The summed E-state index contributed by atoms with van der Waals surface area (Å²) >= 11 is 3.22. The van der Waals surface area contributed by atoms with Gasteiger partial charge in [0.2, 0.25) is 11.8 Å². The van der Waals surface area contributed by atoms with E-state index in [1.165, 1.54) is 24.2 Å². The smallest absolute Gasteiger partial charge is 0.234 e. The van der Waals surface area contributed by atoms with Crippen LogP contribution in [0.4, 0.5) is 0 Å². The Labute approximate surface area is 211 Å². The number of allylic oxidation sites excluding steroid dienone is 6. The molecule has 0 saturated carbocycles. The molecule has 1 saturated heterocycles. The molecule has 1 aliphatic heterocycles. The van der Waals surface area contributed by atoms with Crippen LogP contribution in [0, 0.1) is 17.8 Å². The maximum atomic E-state index is 13.6. The minimum absolute atomic E-state index is 0.0825. The Morgan fingerprint density at radius 3 is 2.43 bits per heavy atom. The Morgan fingerprint density at radius 1 is 1.09 bits per heavy atom. The maximum Gasteiger partial charge on any atom is 0.234 e. The van der Waals surface area contributed by atoms with Crippen LogP contribution in [0.2, 0.25) is 0 Å². The van der Waals surface area contributed by atoms with Gasteiger partial charge in [-0.3, -0.25) is 24.1 Å². The third-order valence-corrected chi connectivity index (χ3v) is 8.13. The summed E-state index contributed by atoms with van der Waals surface area (Å²) in [6, 6.07) is 4.92. The van der Waals surface area contributed by atoms with Crippen LogP contribution in [-0.4, -0.2) is 46.0 Å². The average molecular weight is 540 g/mol. The number of ether oxygens (including phenoxy) is 1. The standard InChI is InChI=1S/C27H26BrNO6/c1-27(2,3)29-25(33)14-7-6-13-15(22(14)26(29)34)10-16-23(19(31)11-17(28)24(16)32)21(13)12-5-8-20(35-4)18(30)9-12/h5-6,8-9,11,14-15,21-22,30H,7,10H2,1-4H3/t14-,15+,21-,22-/m0/s1. The van der Waals surface area contributed by atoms with Crippen LogP contribution in [0.1, 0.15) is 45.1 Å². The summed E-state index contributed by atoms with van der Waals surface area (Å²) in [5.74, 6) is -2.87. The van der Waals surface area contributed by atoms with Gasteiger partial charge in [0, 0.05) is 28.7 Å². The number of ketones is 2. The fraction of sp³-hybridized carbons (Fsp3) is 0.407. The molecule has 1 aromatic carbocycles. The Bertz CT molecular complexity index is 1300. The van der Waals surface area contributed by atoms with E-state index >= 15 is 0 Å². The quantitative estimate of drug-likeness (QED) is 0.346. The number of halogens is 1. The molecule has 0 unspecified atom stereocenters. The summed E-state index contributed by atoms with van der Waals surface area (Å²) in [4.78, 5) is 54.7. The van der Waals surface area contributed by atoms with Crippen LogP contribution < -0.4 is 4.74 Å². The van der Waals surface area contributed by atoms with Gasteiger partial charge in [0.15, 0.2) is 23.1 Å². The second kappa shape index (κ2) is 8.01. The molecule has 182 valence electrons. The van der Waals surface area contributed by atoms with E-state index in [2.05, 4.69) is 15.9 Å². The van der Waals surface area contributed by atoms with E-state index in [0.29, 0.717) is 28.9 Å². The monoisotopic (exact) mass is 539 g/mol. The summed E-state index contributed by atoms with van der Waals surface area (Å²) in [5, 5.41) is 10.5. The molecular weight excluding hydrogens is 514 g/mol. The van der Waals surface area contributed by atoms with Crippen molar-refractivity contribution in [3.05, 3.63) is 57.1 Å². The molecule has 0 radical (unpaired) electrons. The number of phenolic OH excluding ortho intramolecular Hbond substituents is 1. The maximum absolute atomic E-state index is 13.6. The van der Waals surface area contributed by atoms with Crippen molar-refractivity contribution in [3.8, 4) is 11.5 Å². The first-order valence-electron chi connectivity index (χ1n) is 11.6. The molecule has 4 atom stereocenters. The lowest BCUT2D eigenvalue weighted by atomic mass is 9.59. The highest BCUT2D eigenvalue weighted by Gasteiger charge is 2.58. The second-order valence-corrected chi connectivity index (χ2v) is 11.4. The summed E-state index contributed by atoms with van der Waals surface area (Å²) in [5.41, 5.74) is 1.55. The third-order valence-electron chi connectivity index (χ3n) is 7.54. The number of rotatable bonds is 2. The van der Waals surface area contributed by atoms with Crippen molar-refractivity contribution >= 4 is 39.3 Å². The lowest BCUT2D eigenvalue weighted by Gasteiger charge is -2.42. The van der Waals surface area contributed by atoms with Crippen molar-refractivity contribution < 1.29 is 29.0 Å². The third kappa shape index (κ3) is 3.44. The number of hydrogen-bond donors (Lipinski definition) is 1. The number of methoxy groups -OCH3 is 1. The van der Waals surface area contributed by atoms with Crippen molar-refractivity contribution in [2.75, 3.05) is 7.11 Å². The average Bonchev–Trinajstić information content (AvgIpc) is 3.06. The highest BCUT2D eigenvalue weighted by molar-refractivity contribution is 9.12. The number of aromatic hydroxyl groups is 1. The minimum atomic E-state index is -0.658. The van der Waals surface area contributed by atoms with E-state index in [1.807, 2.05) is 26.8 Å². The van der Waals surface area contributed by atoms with Gasteiger partial charge in [0.25, 0.3) is 0 Å². The molecule has 1 N–H and O–H groups in total. The van der Waals surface area contributed by atoms with E-state index in [-0.39, 0.29) is 40.0 Å². The first-order chi connectivity index (χ1) is 16.5. The van der Waals surface area contributed by atoms with Gasteiger partial charge >= 0.3 is 0 Å². The van der Waals surface area contributed by atoms with Gasteiger partial charge in [0.05, 0.1) is 23.4 Å². The normalized spacial score (nSPS) is 28.4. The van der Waals surface area contributed by atoms with Gasteiger partial charge in [-0.25, -0.2) is 0 Å². The highest BCUT2D eigenvalue weighted by Crippen LogP contribution is 2.56. The number of hydrogen-bond acceptors (Lipinski definition) is 6.